The average Bonchev–Trinajstić information content (AvgIpc) is 3.11. The van der Waals surface area contributed by atoms with Crippen molar-refractivity contribution in [3.8, 4) is 5.75 Å². The molecule has 1 aromatic carbocycles. The number of hydrogen-bond acceptors (Lipinski definition) is 7. The van der Waals surface area contributed by atoms with Crippen molar-refractivity contribution in [3.05, 3.63) is 35.9 Å². The molecule has 27 heavy (non-hydrogen) atoms. The number of halogens is 2. The summed E-state index contributed by atoms with van der Waals surface area (Å²) in [6, 6.07) is 10.6. The Kier molecular flexibility index (Phi) is 6.62. The first-order chi connectivity index (χ1) is 12.0. The van der Waals surface area contributed by atoms with Gasteiger partial charge in [0.1, 0.15) is 17.4 Å². The van der Waals surface area contributed by atoms with Gasteiger partial charge >= 0.3 is 0 Å². The molecule has 2 saturated heterocycles. The third kappa shape index (κ3) is 4.00. The Hall–Kier alpha value is -1.96. The standard InChI is InChI=1S/C18H24N6O.2ClH/c1-23-8-12-9-24(16-7-15(19)21-18(20)22-16)10-14(12)17(23)11-3-5-13(25-2)6-4-11;;/h3-7,12,14,17H,8-10H2,1-2H3,(H4,19,20,21,22);2*1H/t12-,14+,17+;;/m0../s1. The van der Waals surface area contributed by atoms with E-state index < -0.39 is 0 Å². The van der Waals surface area contributed by atoms with E-state index in [0.717, 1.165) is 31.2 Å². The number of methoxy groups -OCH3 is 1. The first kappa shape index (κ1) is 21.3. The molecule has 0 unspecified atom stereocenters. The summed E-state index contributed by atoms with van der Waals surface area (Å²) in [7, 11) is 3.90. The van der Waals surface area contributed by atoms with Crippen LogP contribution in [0.15, 0.2) is 30.3 Å². The first-order valence-electron chi connectivity index (χ1n) is 8.54. The molecule has 1 aromatic heterocycles. The lowest BCUT2D eigenvalue weighted by atomic mass is 9.89. The predicted molar refractivity (Wildman–Crippen MR) is 113 cm³/mol. The Bertz CT molecular complexity index is 755. The average molecular weight is 413 g/mol. The van der Waals surface area contributed by atoms with Crippen molar-refractivity contribution in [2.45, 2.75) is 6.04 Å². The highest BCUT2D eigenvalue weighted by Crippen LogP contribution is 2.45. The minimum atomic E-state index is 0. The second kappa shape index (κ2) is 8.37. The smallest absolute Gasteiger partial charge is 0.223 e. The van der Waals surface area contributed by atoms with Crippen LogP contribution >= 0.6 is 24.8 Å². The third-order valence-electron chi connectivity index (χ3n) is 5.43. The zero-order chi connectivity index (χ0) is 17.6. The number of nitrogens with two attached hydrogens (primary N) is 2. The van der Waals surface area contributed by atoms with Gasteiger partial charge < -0.3 is 21.1 Å². The van der Waals surface area contributed by atoms with E-state index in [1.54, 1.807) is 7.11 Å². The molecule has 0 saturated carbocycles. The van der Waals surface area contributed by atoms with Crippen molar-refractivity contribution in [1.82, 2.24) is 14.9 Å². The molecular weight excluding hydrogens is 387 g/mol. The van der Waals surface area contributed by atoms with Gasteiger partial charge in [-0.2, -0.15) is 9.97 Å². The molecule has 0 spiro atoms. The minimum absolute atomic E-state index is 0. The molecule has 9 heteroatoms. The summed E-state index contributed by atoms with van der Waals surface area (Å²) in [5.74, 6) is 3.53. The number of nitrogens with zero attached hydrogens (tertiary/aromatic N) is 4. The van der Waals surface area contributed by atoms with E-state index in [1.807, 2.05) is 18.2 Å². The highest BCUT2D eigenvalue weighted by Gasteiger charge is 2.46. The van der Waals surface area contributed by atoms with E-state index in [9.17, 15) is 0 Å². The molecule has 0 bridgehead atoms. The van der Waals surface area contributed by atoms with Gasteiger partial charge in [-0.25, -0.2) is 0 Å². The van der Waals surface area contributed by atoms with Crippen molar-refractivity contribution in [3.63, 3.8) is 0 Å². The largest absolute Gasteiger partial charge is 0.497 e. The van der Waals surface area contributed by atoms with Gasteiger partial charge in [0.25, 0.3) is 0 Å². The molecule has 3 atom stereocenters. The highest BCUT2D eigenvalue weighted by molar-refractivity contribution is 5.85. The fourth-order valence-electron chi connectivity index (χ4n) is 4.38. The normalized spacial score (nSPS) is 24.1. The molecule has 2 aliphatic heterocycles. The van der Waals surface area contributed by atoms with Crippen LogP contribution in [0.1, 0.15) is 11.6 Å². The van der Waals surface area contributed by atoms with Crippen LogP contribution < -0.4 is 21.1 Å². The van der Waals surface area contributed by atoms with Crippen LogP contribution in [0.4, 0.5) is 17.6 Å². The second-order valence-corrected chi connectivity index (χ2v) is 7.00. The van der Waals surface area contributed by atoms with E-state index in [0.29, 0.717) is 23.7 Å². The molecule has 4 rings (SSSR count). The van der Waals surface area contributed by atoms with Crippen LogP contribution in [-0.2, 0) is 0 Å². The fraction of sp³-hybridized carbons (Fsp3) is 0.444. The first-order valence-corrected chi connectivity index (χ1v) is 8.54. The summed E-state index contributed by atoms with van der Waals surface area (Å²) >= 11 is 0. The molecule has 7 nitrogen and oxygen atoms in total. The van der Waals surface area contributed by atoms with Gasteiger partial charge in [-0.15, -0.1) is 24.8 Å². The molecule has 2 aromatic rings. The van der Waals surface area contributed by atoms with Crippen LogP contribution in [-0.4, -0.2) is 48.7 Å². The molecule has 148 valence electrons. The van der Waals surface area contributed by atoms with Gasteiger partial charge in [0, 0.05) is 37.7 Å². The lowest BCUT2D eigenvalue weighted by Crippen LogP contribution is -2.29. The molecule has 0 amide bonds. The van der Waals surface area contributed by atoms with Crippen LogP contribution in [0.25, 0.3) is 0 Å². The summed E-state index contributed by atoms with van der Waals surface area (Å²) in [6.07, 6.45) is 0. The number of fused-ring (bicyclic) bond motifs is 1. The predicted octanol–water partition coefficient (Wildman–Crippen LogP) is 2.23. The van der Waals surface area contributed by atoms with Gasteiger partial charge in [0.05, 0.1) is 7.11 Å². The Morgan fingerprint density at radius 3 is 2.37 bits per heavy atom. The van der Waals surface area contributed by atoms with Gasteiger partial charge in [0.2, 0.25) is 5.95 Å². The summed E-state index contributed by atoms with van der Waals surface area (Å²) in [4.78, 5) is 13.1. The Labute approximate surface area is 171 Å². The van der Waals surface area contributed by atoms with Crippen molar-refractivity contribution >= 4 is 42.4 Å². The van der Waals surface area contributed by atoms with Crippen molar-refractivity contribution in [2.24, 2.45) is 11.8 Å². The van der Waals surface area contributed by atoms with Crippen molar-refractivity contribution < 1.29 is 4.74 Å². The fourth-order valence-corrected chi connectivity index (χ4v) is 4.38. The molecule has 2 aliphatic rings. The topological polar surface area (TPSA) is 93.5 Å². The van der Waals surface area contributed by atoms with Gasteiger partial charge in [0.15, 0.2) is 0 Å². The summed E-state index contributed by atoms with van der Waals surface area (Å²) in [5, 5.41) is 0. The van der Waals surface area contributed by atoms with Crippen LogP contribution in [0.2, 0.25) is 0 Å². The number of benzene rings is 1. The van der Waals surface area contributed by atoms with Crippen molar-refractivity contribution in [1.29, 1.82) is 0 Å². The number of rotatable bonds is 3. The van der Waals surface area contributed by atoms with E-state index in [4.69, 9.17) is 16.2 Å². The SMILES string of the molecule is COc1ccc([C@@H]2[C@@H]3CN(c4cc(N)nc(N)n4)C[C@@H]3CN2C)cc1.Cl.Cl. The van der Waals surface area contributed by atoms with Gasteiger partial charge in [-0.3, -0.25) is 4.90 Å². The highest BCUT2D eigenvalue weighted by atomic mass is 35.5. The lowest BCUT2D eigenvalue weighted by Gasteiger charge is -2.27. The van der Waals surface area contributed by atoms with Crippen LogP contribution in [0.3, 0.4) is 0 Å². The molecule has 2 fully saturated rings. The molecule has 3 heterocycles. The molecule has 0 radical (unpaired) electrons. The lowest BCUT2D eigenvalue weighted by molar-refractivity contribution is 0.279. The maximum Gasteiger partial charge on any atom is 0.223 e. The third-order valence-corrected chi connectivity index (χ3v) is 5.43. The number of nitrogen functional groups attached to an aromatic ring is 2. The summed E-state index contributed by atoms with van der Waals surface area (Å²) in [6.45, 7) is 2.99. The number of ether oxygens (including phenoxy) is 1. The Balaban J connectivity index is 0.00000131. The monoisotopic (exact) mass is 412 g/mol. The van der Waals surface area contributed by atoms with Gasteiger partial charge in [-0.1, -0.05) is 12.1 Å². The number of anilines is 3. The minimum Gasteiger partial charge on any atom is -0.497 e. The quantitative estimate of drug-likeness (QED) is 0.797. The number of aromatic nitrogens is 2. The van der Waals surface area contributed by atoms with E-state index in [-0.39, 0.29) is 30.8 Å². The van der Waals surface area contributed by atoms with Crippen LogP contribution in [0.5, 0.6) is 5.75 Å². The van der Waals surface area contributed by atoms with E-state index in [2.05, 4.69) is 38.9 Å². The van der Waals surface area contributed by atoms with E-state index in [1.165, 1.54) is 5.56 Å². The summed E-state index contributed by atoms with van der Waals surface area (Å²) in [5.41, 5.74) is 12.9. The molecular formula is C18H26Cl2N6O. The van der Waals surface area contributed by atoms with Crippen molar-refractivity contribution in [2.75, 3.05) is 50.2 Å². The Morgan fingerprint density at radius 1 is 1.04 bits per heavy atom. The zero-order valence-corrected chi connectivity index (χ0v) is 17.0. The Morgan fingerprint density at radius 2 is 1.74 bits per heavy atom. The number of hydrogen-bond donors (Lipinski definition) is 2. The second-order valence-electron chi connectivity index (χ2n) is 7.00. The van der Waals surface area contributed by atoms with Gasteiger partial charge in [-0.05, 0) is 30.7 Å². The van der Waals surface area contributed by atoms with E-state index >= 15 is 0 Å². The molecule has 4 N–H and O–H groups in total. The van der Waals surface area contributed by atoms with Crippen LogP contribution in [0, 0.1) is 11.8 Å². The maximum absolute atomic E-state index is 5.83. The number of likely N-dealkylation sites (tertiary alicyclic amines) is 1. The zero-order valence-electron chi connectivity index (χ0n) is 15.4. The summed E-state index contributed by atoms with van der Waals surface area (Å²) < 4.78 is 5.28. The molecule has 0 aliphatic carbocycles. The maximum atomic E-state index is 5.83.